The van der Waals surface area contributed by atoms with Gasteiger partial charge in [-0.2, -0.15) is 17.0 Å². The zero-order valence-corrected chi connectivity index (χ0v) is 13.5. The molecule has 20 heavy (non-hydrogen) atoms. The van der Waals surface area contributed by atoms with Gasteiger partial charge in [0, 0.05) is 45.1 Å². The van der Waals surface area contributed by atoms with Crippen LogP contribution in [-0.4, -0.2) is 78.6 Å². The van der Waals surface area contributed by atoms with Gasteiger partial charge in [-0.1, -0.05) is 0 Å². The number of hydrogen-bond donors (Lipinski definition) is 1. The highest BCUT2D eigenvalue weighted by Crippen LogP contribution is 2.42. The Balaban J connectivity index is 2.17. The molecule has 0 saturated carbocycles. The molecule has 0 bridgehead atoms. The third kappa shape index (κ3) is 3.00. The van der Waals surface area contributed by atoms with Gasteiger partial charge in [-0.15, -0.1) is 0 Å². The molecular formula is C10H21N3O5S2. The van der Waals surface area contributed by atoms with Crippen LogP contribution in [0.1, 0.15) is 0 Å². The van der Waals surface area contributed by atoms with Gasteiger partial charge in [0.1, 0.15) is 0 Å². The highest BCUT2D eigenvalue weighted by Gasteiger charge is 2.53. The van der Waals surface area contributed by atoms with Crippen LogP contribution in [0.4, 0.5) is 0 Å². The molecule has 2 saturated heterocycles. The Morgan fingerprint density at radius 2 is 2.00 bits per heavy atom. The summed E-state index contributed by atoms with van der Waals surface area (Å²) in [6, 6.07) is 0. The van der Waals surface area contributed by atoms with Gasteiger partial charge in [-0.3, -0.25) is 0 Å². The molecule has 118 valence electrons. The fourth-order valence-electron chi connectivity index (χ4n) is 2.71. The molecule has 0 spiro atoms. The average molecular weight is 327 g/mol. The summed E-state index contributed by atoms with van der Waals surface area (Å²) in [5, 5.41) is 0. The van der Waals surface area contributed by atoms with E-state index in [-0.39, 0.29) is 19.0 Å². The minimum absolute atomic E-state index is 0.0199. The summed E-state index contributed by atoms with van der Waals surface area (Å²) < 4.78 is 57.4. The molecule has 2 heterocycles. The number of nitrogens with zero attached hydrogens (tertiary/aromatic N) is 2. The van der Waals surface area contributed by atoms with Gasteiger partial charge in [0.05, 0.1) is 19.5 Å². The van der Waals surface area contributed by atoms with Crippen molar-refractivity contribution in [2.24, 2.45) is 11.3 Å². The van der Waals surface area contributed by atoms with Crippen molar-refractivity contribution in [1.82, 2.24) is 13.3 Å². The third-order valence-corrected chi connectivity index (χ3v) is 6.49. The molecule has 2 aliphatic rings. The maximum atomic E-state index is 12.2. The molecular weight excluding hydrogens is 306 g/mol. The lowest BCUT2D eigenvalue weighted by Gasteiger charge is -2.27. The monoisotopic (exact) mass is 327 g/mol. The van der Waals surface area contributed by atoms with Crippen LogP contribution in [-0.2, 0) is 25.0 Å². The molecule has 2 rings (SSSR count). The molecule has 0 radical (unpaired) electrons. The van der Waals surface area contributed by atoms with Crippen molar-refractivity contribution in [3.05, 3.63) is 0 Å². The number of hydrogen-bond acceptors (Lipinski definition) is 5. The second-order valence-corrected chi connectivity index (χ2v) is 9.73. The van der Waals surface area contributed by atoms with Crippen molar-refractivity contribution < 1.29 is 21.6 Å². The lowest BCUT2D eigenvalue weighted by molar-refractivity contribution is 0.143. The Bertz CT molecular complexity index is 574. The molecule has 1 N–H and O–H groups in total. The topological polar surface area (TPSA) is 96.0 Å². The first-order chi connectivity index (χ1) is 9.07. The second kappa shape index (κ2) is 5.18. The predicted octanol–water partition coefficient (Wildman–Crippen LogP) is -1.71. The average Bonchev–Trinajstić information content (AvgIpc) is 2.81. The highest BCUT2D eigenvalue weighted by atomic mass is 32.2. The van der Waals surface area contributed by atoms with E-state index in [0.29, 0.717) is 19.8 Å². The van der Waals surface area contributed by atoms with Gasteiger partial charge < -0.3 is 4.74 Å². The largest absolute Gasteiger partial charge is 0.380 e. The highest BCUT2D eigenvalue weighted by molar-refractivity contribution is 7.88. The Kier molecular flexibility index (Phi) is 4.17. The third-order valence-electron chi connectivity index (χ3n) is 3.96. The van der Waals surface area contributed by atoms with E-state index in [1.54, 1.807) is 0 Å². The number of rotatable bonds is 5. The first-order valence-electron chi connectivity index (χ1n) is 6.27. The van der Waals surface area contributed by atoms with Crippen molar-refractivity contribution in [3.63, 3.8) is 0 Å². The smallest absolute Gasteiger partial charge is 0.281 e. The molecule has 0 unspecified atom stereocenters. The number of ether oxygens (including phenoxy) is 1. The Hall–Kier alpha value is -0.260. The number of sulfonamides is 1. The van der Waals surface area contributed by atoms with Crippen LogP contribution < -0.4 is 4.72 Å². The first-order valence-corrected chi connectivity index (χ1v) is 9.56. The summed E-state index contributed by atoms with van der Waals surface area (Å²) in [4.78, 5) is 0. The van der Waals surface area contributed by atoms with Gasteiger partial charge >= 0.3 is 0 Å². The van der Waals surface area contributed by atoms with Crippen LogP contribution in [0.25, 0.3) is 0 Å². The summed E-state index contributed by atoms with van der Waals surface area (Å²) in [7, 11) is -3.81. The van der Waals surface area contributed by atoms with E-state index < -0.39 is 25.6 Å². The van der Waals surface area contributed by atoms with Gasteiger partial charge in [0.2, 0.25) is 10.0 Å². The summed E-state index contributed by atoms with van der Waals surface area (Å²) >= 11 is 0. The standard InChI is InChI=1S/C10H21N3O5S2/c1-12(2)20(16,17)13-4-9-5-18-8-10(9,7-13)6-11-19(3,14)15/h9,11H,4-8H2,1-3H3/t9-,10+/m1/s1. The first kappa shape index (κ1) is 16.1. The van der Waals surface area contributed by atoms with Crippen LogP contribution in [0.15, 0.2) is 0 Å². The van der Waals surface area contributed by atoms with Gasteiger partial charge in [-0.05, 0) is 0 Å². The number of fused-ring (bicyclic) bond motifs is 1. The van der Waals surface area contributed by atoms with Crippen LogP contribution in [0.3, 0.4) is 0 Å². The normalized spacial score (nSPS) is 31.9. The van der Waals surface area contributed by atoms with E-state index in [1.807, 2.05) is 0 Å². The zero-order chi connectivity index (χ0) is 15.2. The molecule has 0 aromatic carbocycles. The Morgan fingerprint density at radius 3 is 2.55 bits per heavy atom. The zero-order valence-electron chi connectivity index (χ0n) is 11.9. The van der Waals surface area contributed by atoms with E-state index in [4.69, 9.17) is 4.74 Å². The van der Waals surface area contributed by atoms with E-state index in [9.17, 15) is 16.8 Å². The maximum Gasteiger partial charge on any atom is 0.281 e. The van der Waals surface area contributed by atoms with Crippen molar-refractivity contribution in [2.45, 2.75) is 0 Å². The van der Waals surface area contributed by atoms with Gasteiger partial charge in [0.15, 0.2) is 0 Å². The number of nitrogens with one attached hydrogen (secondary N) is 1. The molecule has 2 aliphatic heterocycles. The summed E-state index contributed by atoms with van der Waals surface area (Å²) in [6.07, 6.45) is 1.09. The van der Waals surface area contributed by atoms with Crippen molar-refractivity contribution in [3.8, 4) is 0 Å². The second-order valence-electron chi connectivity index (χ2n) is 5.75. The Morgan fingerprint density at radius 1 is 1.35 bits per heavy atom. The van der Waals surface area contributed by atoms with Crippen LogP contribution in [0.5, 0.6) is 0 Å². The summed E-state index contributed by atoms with van der Waals surface area (Å²) in [5.74, 6) is 0.0199. The van der Waals surface area contributed by atoms with E-state index in [2.05, 4.69) is 4.72 Å². The maximum absolute atomic E-state index is 12.2. The van der Waals surface area contributed by atoms with Crippen molar-refractivity contribution >= 4 is 20.2 Å². The van der Waals surface area contributed by atoms with Crippen LogP contribution >= 0.6 is 0 Å². The van der Waals surface area contributed by atoms with Crippen molar-refractivity contribution in [1.29, 1.82) is 0 Å². The minimum atomic E-state index is -3.48. The van der Waals surface area contributed by atoms with Crippen molar-refractivity contribution in [2.75, 3.05) is 53.2 Å². The van der Waals surface area contributed by atoms with Crippen LogP contribution in [0, 0.1) is 11.3 Å². The summed E-state index contributed by atoms with van der Waals surface area (Å²) in [5.41, 5.74) is -0.466. The fourth-order valence-corrected chi connectivity index (χ4v) is 4.51. The fraction of sp³-hybridized carbons (Fsp3) is 1.00. The molecule has 2 atom stereocenters. The van der Waals surface area contributed by atoms with E-state index in [1.165, 1.54) is 22.7 Å². The SMILES string of the molecule is CN(C)S(=O)(=O)N1C[C@@H]2COC[C@]2(CNS(C)(=O)=O)C1. The van der Waals surface area contributed by atoms with E-state index >= 15 is 0 Å². The lowest BCUT2D eigenvalue weighted by atomic mass is 9.81. The van der Waals surface area contributed by atoms with E-state index in [0.717, 1.165) is 6.26 Å². The molecule has 10 heteroatoms. The molecule has 0 amide bonds. The molecule has 0 aromatic heterocycles. The lowest BCUT2D eigenvalue weighted by Crippen LogP contribution is -2.44. The molecule has 8 nitrogen and oxygen atoms in total. The summed E-state index contributed by atoms with van der Waals surface area (Å²) in [6.45, 7) is 1.69. The predicted molar refractivity (Wildman–Crippen MR) is 73.8 cm³/mol. The van der Waals surface area contributed by atoms with Gasteiger partial charge in [0.25, 0.3) is 10.2 Å². The molecule has 0 aromatic rings. The Labute approximate surface area is 120 Å². The van der Waals surface area contributed by atoms with Crippen LogP contribution in [0.2, 0.25) is 0 Å². The minimum Gasteiger partial charge on any atom is -0.380 e. The van der Waals surface area contributed by atoms with Gasteiger partial charge in [-0.25, -0.2) is 13.1 Å². The molecule has 0 aliphatic carbocycles. The molecule has 2 fully saturated rings. The quantitative estimate of drug-likeness (QED) is 0.649.